The van der Waals surface area contributed by atoms with Gasteiger partial charge in [0, 0.05) is 18.0 Å². The molecule has 0 saturated carbocycles. The molecular weight excluding hydrogens is 207 g/mol. The molecule has 1 aromatic heterocycles. The van der Waals surface area contributed by atoms with E-state index in [4.69, 9.17) is 0 Å². The number of halogens is 1. The molecule has 16 heavy (non-hydrogen) atoms. The Balaban J connectivity index is 2.28. The van der Waals surface area contributed by atoms with Crippen molar-refractivity contribution in [2.75, 3.05) is 0 Å². The van der Waals surface area contributed by atoms with E-state index >= 15 is 0 Å². The Labute approximate surface area is 91.9 Å². The first-order valence-electron chi connectivity index (χ1n) is 4.70. The first-order chi connectivity index (χ1) is 7.77. The summed E-state index contributed by atoms with van der Waals surface area (Å²) in [4.78, 5) is 7.99. The van der Waals surface area contributed by atoms with Gasteiger partial charge < -0.3 is 5.11 Å². The average molecular weight is 216 g/mol. The average Bonchev–Trinajstić information content (AvgIpc) is 2.32. The van der Waals surface area contributed by atoms with Crippen molar-refractivity contribution in [2.45, 2.75) is 0 Å². The lowest BCUT2D eigenvalue weighted by molar-refractivity contribution is 0.431. The number of pyridine rings is 1. The summed E-state index contributed by atoms with van der Waals surface area (Å²) < 4.78 is 13.0. The van der Waals surface area contributed by atoms with Crippen molar-refractivity contribution in [3.8, 4) is 5.75 Å². The fourth-order valence-electron chi connectivity index (χ4n) is 1.20. The van der Waals surface area contributed by atoms with Gasteiger partial charge in [-0.25, -0.2) is 14.4 Å². The molecule has 1 aromatic carbocycles. The van der Waals surface area contributed by atoms with Crippen LogP contribution in [-0.2, 0) is 0 Å². The summed E-state index contributed by atoms with van der Waals surface area (Å²) in [6.45, 7) is 0. The lowest BCUT2D eigenvalue weighted by Crippen LogP contribution is -1.85. The number of rotatable bonds is 2. The number of phenols is 1. The van der Waals surface area contributed by atoms with Crippen molar-refractivity contribution < 1.29 is 9.50 Å². The van der Waals surface area contributed by atoms with E-state index < -0.39 is 11.6 Å². The first-order valence-corrected chi connectivity index (χ1v) is 4.70. The zero-order valence-corrected chi connectivity index (χ0v) is 8.34. The van der Waals surface area contributed by atoms with Gasteiger partial charge in [-0.1, -0.05) is 12.1 Å². The van der Waals surface area contributed by atoms with Crippen LogP contribution in [0.2, 0.25) is 0 Å². The van der Waals surface area contributed by atoms with Crippen molar-refractivity contribution in [3.63, 3.8) is 0 Å². The summed E-state index contributed by atoms with van der Waals surface area (Å²) in [6.07, 6.45) is 2.98. The van der Waals surface area contributed by atoms with Gasteiger partial charge in [-0.3, -0.25) is 0 Å². The van der Waals surface area contributed by atoms with Crippen LogP contribution in [0.15, 0.2) is 47.6 Å². The number of para-hydroxylation sites is 1. The van der Waals surface area contributed by atoms with Crippen molar-refractivity contribution in [3.05, 3.63) is 54.0 Å². The molecule has 0 radical (unpaired) electrons. The van der Waals surface area contributed by atoms with E-state index in [1.165, 1.54) is 18.3 Å². The van der Waals surface area contributed by atoms with Gasteiger partial charge in [0.25, 0.3) is 0 Å². The molecule has 0 unspecified atom stereocenters. The topological polar surface area (TPSA) is 45.5 Å². The zero-order chi connectivity index (χ0) is 11.4. The second kappa shape index (κ2) is 4.53. The Kier molecular flexibility index (Phi) is 2.91. The van der Waals surface area contributed by atoms with Crippen LogP contribution in [0.3, 0.4) is 0 Å². The highest BCUT2D eigenvalue weighted by atomic mass is 19.1. The molecule has 0 atom stereocenters. The van der Waals surface area contributed by atoms with E-state index in [2.05, 4.69) is 9.98 Å². The molecule has 3 nitrogen and oxygen atoms in total. The van der Waals surface area contributed by atoms with Crippen LogP contribution < -0.4 is 0 Å². The highest BCUT2D eigenvalue weighted by molar-refractivity contribution is 5.84. The van der Waals surface area contributed by atoms with Crippen molar-refractivity contribution >= 4 is 12.0 Å². The summed E-state index contributed by atoms with van der Waals surface area (Å²) in [5, 5.41) is 9.39. The SMILES string of the molecule is Oc1c(F)cccc1/C=N/c1ccccn1. The third-order valence-electron chi connectivity index (χ3n) is 2.00. The van der Waals surface area contributed by atoms with Crippen LogP contribution in [-0.4, -0.2) is 16.3 Å². The molecular formula is C12H9FN2O. The molecule has 0 saturated heterocycles. The van der Waals surface area contributed by atoms with E-state index in [1.807, 2.05) is 0 Å². The number of aliphatic imine (C=N–C) groups is 1. The van der Waals surface area contributed by atoms with Gasteiger partial charge in [-0.05, 0) is 24.3 Å². The molecule has 1 heterocycles. The molecule has 0 aliphatic rings. The number of hydrogen-bond acceptors (Lipinski definition) is 3. The molecule has 1 N–H and O–H groups in total. The molecule has 2 aromatic rings. The lowest BCUT2D eigenvalue weighted by Gasteiger charge is -1.98. The maximum atomic E-state index is 13.0. The number of hydrogen-bond donors (Lipinski definition) is 1. The molecule has 0 fully saturated rings. The van der Waals surface area contributed by atoms with Crippen LogP contribution >= 0.6 is 0 Å². The summed E-state index contributed by atoms with van der Waals surface area (Å²) in [5.41, 5.74) is 0.325. The third-order valence-corrected chi connectivity index (χ3v) is 2.00. The maximum Gasteiger partial charge on any atom is 0.165 e. The number of aromatic nitrogens is 1. The molecule has 2 rings (SSSR count). The predicted octanol–water partition coefficient (Wildman–Crippen LogP) is 2.68. The highest BCUT2D eigenvalue weighted by Gasteiger charge is 2.03. The number of phenolic OH excluding ortho intramolecular Hbond substituents is 1. The van der Waals surface area contributed by atoms with E-state index in [0.29, 0.717) is 11.4 Å². The van der Waals surface area contributed by atoms with Gasteiger partial charge in [0.15, 0.2) is 17.4 Å². The quantitative estimate of drug-likeness (QED) is 0.784. The monoisotopic (exact) mass is 216 g/mol. The number of benzene rings is 1. The minimum atomic E-state index is -0.662. The Hall–Kier alpha value is -2.23. The Morgan fingerprint density at radius 1 is 1.19 bits per heavy atom. The second-order valence-corrected chi connectivity index (χ2v) is 3.12. The number of aromatic hydroxyl groups is 1. The zero-order valence-electron chi connectivity index (χ0n) is 8.34. The maximum absolute atomic E-state index is 13.0. The van der Waals surface area contributed by atoms with E-state index in [0.717, 1.165) is 0 Å². The third kappa shape index (κ3) is 2.23. The first kappa shape index (κ1) is 10.3. The minimum Gasteiger partial charge on any atom is -0.504 e. The number of nitrogens with zero attached hydrogens (tertiary/aromatic N) is 2. The van der Waals surface area contributed by atoms with Crippen LogP contribution in [0.5, 0.6) is 5.75 Å². The summed E-state index contributed by atoms with van der Waals surface area (Å²) >= 11 is 0. The second-order valence-electron chi connectivity index (χ2n) is 3.12. The Morgan fingerprint density at radius 3 is 2.81 bits per heavy atom. The van der Waals surface area contributed by atoms with Gasteiger partial charge in [-0.15, -0.1) is 0 Å². The van der Waals surface area contributed by atoms with Crippen LogP contribution in [0.25, 0.3) is 0 Å². The van der Waals surface area contributed by atoms with Crippen LogP contribution in [0, 0.1) is 5.82 Å². The van der Waals surface area contributed by atoms with Gasteiger partial charge in [0.05, 0.1) is 0 Å². The Bertz CT molecular complexity index is 512. The van der Waals surface area contributed by atoms with E-state index in [1.54, 1.807) is 30.5 Å². The fourth-order valence-corrected chi connectivity index (χ4v) is 1.20. The highest BCUT2D eigenvalue weighted by Crippen LogP contribution is 2.19. The molecule has 0 bridgehead atoms. The normalized spacial score (nSPS) is 10.8. The van der Waals surface area contributed by atoms with Gasteiger partial charge in [-0.2, -0.15) is 0 Å². The molecule has 80 valence electrons. The van der Waals surface area contributed by atoms with E-state index in [-0.39, 0.29) is 0 Å². The minimum absolute atomic E-state index is 0.325. The molecule has 0 spiro atoms. The summed E-state index contributed by atoms with van der Waals surface area (Å²) in [6, 6.07) is 9.56. The van der Waals surface area contributed by atoms with Gasteiger partial charge >= 0.3 is 0 Å². The van der Waals surface area contributed by atoms with Crippen LogP contribution in [0.4, 0.5) is 10.2 Å². The summed E-state index contributed by atoms with van der Waals surface area (Å²) in [7, 11) is 0. The summed E-state index contributed by atoms with van der Waals surface area (Å²) in [5.74, 6) is -0.557. The van der Waals surface area contributed by atoms with E-state index in [9.17, 15) is 9.50 Å². The van der Waals surface area contributed by atoms with Crippen LogP contribution in [0.1, 0.15) is 5.56 Å². The van der Waals surface area contributed by atoms with Gasteiger partial charge in [0.2, 0.25) is 0 Å². The van der Waals surface area contributed by atoms with Gasteiger partial charge in [0.1, 0.15) is 0 Å². The predicted molar refractivity (Wildman–Crippen MR) is 59.6 cm³/mol. The lowest BCUT2D eigenvalue weighted by atomic mass is 10.2. The molecule has 4 heteroatoms. The fraction of sp³-hybridized carbons (Fsp3) is 0. The standard InChI is InChI=1S/C12H9FN2O/c13-10-5-3-4-9(12(10)16)8-15-11-6-1-2-7-14-11/h1-8,16H/b15-8+. The molecule has 0 amide bonds. The molecule has 0 aliphatic carbocycles. The smallest absolute Gasteiger partial charge is 0.165 e. The van der Waals surface area contributed by atoms with Crippen molar-refractivity contribution in [1.29, 1.82) is 0 Å². The van der Waals surface area contributed by atoms with Crippen molar-refractivity contribution in [1.82, 2.24) is 4.98 Å². The molecule has 0 aliphatic heterocycles. The Morgan fingerprint density at radius 2 is 2.06 bits per heavy atom. The largest absolute Gasteiger partial charge is 0.504 e. The van der Waals surface area contributed by atoms with Crippen molar-refractivity contribution in [2.24, 2.45) is 4.99 Å².